The van der Waals surface area contributed by atoms with Crippen LogP contribution in [-0.4, -0.2) is 35.4 Å². The second-order valence-electron chi connectivity index (χ2n) is 6.22. The Bertz CT molecular complexity index is 969. The Kier molecular flexibility index (Phi) is 6.33. The molecule has 0 saturated carbocycles. The highest BCUT2D eigenvalue weighted by Crippen LogP contribution is 2.40. The number of nitrogens with one attached hydrogen (secondary N) is 1. The van der Waals surface area contributed by atoms with E-state index in [0.29, 0.717) is 32.6 Å². The number of nitrogens with two attached hydrogens (primary N) is 1. The molecule has 0 aliphatic carbocycles. The van der Waals surface area contributed by atoms with Crippen molar-refractivity contribution >= 4 is 28.8 Å². The van der Waals surface area contributed by atoms with E-state index < -0.39 is 0 Å². The van der Waals surface area contributed by atoms with Gasteiger partial charge in [-0.05, 0) is 30.2 Å². The largest absolute Gasteiger partial charge is 0.487 e. The van der Waals surface area contributed by atoms with Gasteiger partial charge in [-0.3, -0.25) is 9.48 Å². The van der Waals surface area contributed by atoms with Crippen LogP contribution in [-0.2, 0) is 13.5 Å². The molecule has 0 aliphatic heterocycles. The molecule has 0 aliphatic rings. The van der Waals surface area contributed by atoms with Gasteiger partial charge < -0.3 is 15.8 Å². The topological polar surface area (TPSA) is 82.2 Å². The molecule has 0 unspecified atom stereocenters. The second kappa shape index (κ2) is 8.72. The normalized spacial score (nSPS) is 12.0. The maximum atomic E-state index is 13.4. The number of thiophene rings is 1. The third kappa shape index (κ3) is 4.35. The number of rotatable bonds is 7. The van der Waals surface area contributed by atoms with Crippen molar-refractivity contribution in [1.29, 1.82) is 0 Å². The molecule has 2 aromatic heterocycles. The van der Waals surface area contributed by atoms with E-state index in [2.05, 4.69) is 10.4 Å². The van der Waals surface area contributed by atoms with Gasteiger partial charge in [0.25, 0.3) is 5.91 Å². The fourth-order valence-electron chi connectivity index (χ4n) is 2.91. The van der Waals surface area contributed by atoms with E-state index >= 15 is 0 Å². The summed E-state index contributed by atoms with van der Waals surface area (Å²) in [6.45, 7) is 0.227. The van der Waals surface area contributed by atoms with Crippen LogP contribution in [0.1, 0.15) is 15.2 Å². The third-order valence-corrected chi connectivity index (χ3v) is 5.62. The monoisotopic (exact) mass is 422 g/mol. The van der Waals surface area contributed by atoms with E-state index in [1.165, 1.54) is 36.8 Å². The first-order valence-electron chi connectivity index (χ1n) is 8.54. The number of halogens is 2. The first-order valence-corrected chi connectivity index (χ1v) is 9.73. The molecule has 0 fully saturated rings. The Morgan fingerprint density at radius 3 is 2.86 bits per heavy atom. The summed E-state index contributed by atoms with van der Waals surface area (Å²) < 4.78 is 20.4. The summed E-state index contributed by atoms with van der Waals surface area (Å²) in [5, 5.41) is 8.06. The summed E-state index contributed by atoms with van der Waals surface area (Å²) >= 11 is 7.43. The fourth-order valence-corrected chi connectivity index (χ4v) is 4.06. The van der Waals surface area contributed by atoms with Gasteiger partial charge in [0.15, 0.2) is 5.06 Å². The third-order valence-electron chi connectivity index (χ3n) is 4.25. The summed E-state index contributed by atoms with van der Waals surface area (Å²) in [7, 11) is 3.30. The molecule has 1 amide bonds. The number of carbonyl (C=O) groups excluding carboxylic acids is 1. The lowest BCUT2D eigenvalue weighted by atomic mass is 10.1. The molecule has 3 rings (SSSR count). The van der Waals surface area contributed by atoms with E-state index in [0.717, 1.165) is 5.56 Å². The van der Waals surface area contributed by atoms with Gasteiger partial charge >= 0.3 is 0 Å². The average Bonchev–Trinajstić information content (AvgIpc) is 3.23. The minimum Gasteiger partial charge on any atom is -0.487 e. The van der Waals surface area contributed by atoms with E-state index in [4.69, 9.17) is 22.1 Å². The Labute approximate surface area is 171 Å². The lowest BCUT2D eigenvalue weighted by molar-refractivity contribution is 0.0942. The molecular formula is C19H20ClFN4O2S. The molecule has 148 valence electrons. The summed E-state index contributed by atoms with van der Waals surface area (Å²) in [5.41, 5.74) is 7.93. The van der Waals surface area contributed by atoms with Gasteiger partial charge in [0.2, 0.25) is 0 Å². The number of methoxy groups -OCH3 is 1. The maximum Gasteiger partial charge on any atom is 0.261 e. The molecule has 0 saturated heterocycles. The minimum atomic E-state index is -0.328. The van der Waals surface area contributed by atoms with Crippen molar-refractivity contribution in [3.8, 4) is 16.3 Å². The van der Waals surface area contributed by atoms with E-state index in [1.807, 2.05) is 0 Å². The van der Waals surface area contributed by atoms with Gasteiger partial charge in [-0.2, -0.15) is 5.10 Å². The predicted molar refractivity (Wildman–Crippen MR) is 108 cm³/mol. The molecular weight excluding hydrogens is 403 g/mol. The molecule has 0 spiro atoms. The van der Waals surface area contributed by atoms with Gasteiger partial charge in [-0.1, -0.05) is 35.1 Å². The second-order valence-corrected chi connectivity index (χ2v) is 7.64. The molecule has 0 bridgehead atoms. The van der Waals surface area contributed by atoms with Crippen LogP contribution in [0.5, 0.6) is 5.06 Å². The summed E-state index contributed by atoms with van der Waals surface area (Å²) in [6.07, 6.45) is 1.97. The predicted octanol–water partition coefficient (Wildman–Crippen LogP) is 3.25. The highest BCUT2D eigenvalue weighted by molar-refractivity contribution is 7.16. The van der Waals surface area contributed by atoms with Crippen LogP contribution in [0.2, 0.25) is 5.02 Å². The van der Waals surface area contributed by atoms with Gasteiger partial charge in [0.1, 0.15) is 5.82 Å². The number of nitrogens with zero attached hydrogens (tertiary/aromatic N) is 2. The number of hydrogen-bond donors (Lipinski definition) is 2. The molecule has 9 heteroatoms. The lowest BCUT2D eigenvalue weighted by Gasteiger charge is -2.16. The maximum absolute atomic E-state index is 13.4. The molecule has 1 aromatic carbocycles. The molecule has 2 heterocycles. The molecule has 3 aromatic rings. The number of ether oxygens (including phenoxy) is 1. The first kappa shape index (κ1) is 20.3. The fraction of sp³-hybridized carbons (Fsp3) is 0.263. The van der Waals surface area contributed by atoms with E-state index in [9.17, 15) is 9.18 Å². The number of benzene rings is 1. The van der Waals surface area contributed by atoms with Crippen LogP contribution in [0.25, 0.3) is 11.3 Å². The Hall–Kier alpha value is -2.42. The van der Waals surface area contributed by atoms with Crippen molar-refractivity contribution < 1.29 is 13.9 Å². The van der Waals surface area contributed by atoms with Crippen LogP contribution < -0.4 is 15.8 Å². The van der Waals surface area contributed by atoms with Crippen molar-refractivity contribution in [3.63, 3.8) is 0 Å². The smallest absolute Gasteiger partial charge is 0.261 e. The van der Waals surface area contributed by atoms with Gasteiger partial charge in [-0.25, -0.2) is 4.39 Å². The Morgan fingerprint density at radius 1 is 1.46 bits per heavy atom. The lowest BCUT2D eigenvalue weighted by Crippen LogP contribution is -2.41. The SMILES string of the molecule is COc1sc(C(=O)N[C@H](CN)Cc2cccc(F)c2)cc1-c1c(Cl)cnn1C. The van der Waals surface area contributed by atoms with Crippen molar-refractivity contribution in [2.75, 3.05) is 13.7 Å². The number of aryl methyl sites for hydroxylation is 1. The molecule has 6 nitrogen and oxygen atoms in total. The standard InChI is InChI=1S/C19H20ClFN4O2S/c1-25-17(15(20)10-23-25)14-8-16(28-19(14)27-2)18(26)24-13(9-22)7-11-4-3-5-12(21)6-11/h3-6,8,10,13H,7,9,22H2,1-2H3,(H,24,26)/t13-/m0/s1. The van der Waals surface area contributed by atoms with Crippen molar-refractivity contribution in [1.82, 2.24) is 15.1 Å². The zero-order valence-corrected chi connectivity index (χ0v) is 17.0. The van der Waals surface area contributed by atoms with Crippen LogP contribution >= 0.6 is 22.9 Å². The quantitative estimate of drug-likeness (QED) is 0.612. The Balaban J connectivity index is 1.80. The van der Waals surface area contributed by atoms with Gasteiger partial charge in [0, 0.05) is 19.6 Å². The summed E-state index contributed by atoms with van der Waals surface area (Å²) in [4.78, 5) is 13.2. The number of hydrogen-bond acceptors (Lipinski definition) is 5. The van der Waals surface area contributed by atoms with Gasteiger partial charge in [0.05, 0.1) is 34.5 Å². The van der Waals surface area contributed by atoms with Gasteiger partial charge in [-0.15, -0.1) is 0 Å². The summed E-state index contributed by atoms with van der Waals surface area (Å²) in [5.74, 6) is -0.597. The van der Waals surface area contributed by atoms with Crippen molar-refractivity contribution in [3.05, 3.63) is 57.8 Å². The average molecular weight is 423 g/mol. The zero-order valence-electron chi connectivity index (χ0n) is 15.4. The summed E-state index contributed by atoms with van der Waals surface area (Å²) in [6, 6.07) is 7.64. The molecule has 0 radical (unpaired) electrons. The molecule has 28 heavy (non-hydrogen) atoms. The van der Waals surface area contributed by atoms with Crippen molar-refractivity contribution in [2.24, 2.45) is 12.8 Å². The van der Waals surface area contributed by atoms with Crippen molar-refractivity contribution in [2.45, 2.75) is 12.5 Å². The highest BCUT2D eigenvalue weighted by atomic mass is 35.5. The molecule has 1 atom stereocenters. The van der Waals surface area contributed by atoms with Crippen LogP contribution in [0.3, 0.4) is 0 Å². The van der Waals surface area contributed by atoms with E-state index in [1.54, 1.807) is 29.9 Å². The zero-order chi connectivity index (χ0) is 20.3. The Morgan fingerprint density at radius 2 is 2.25 bits per heavy atom. The van der Waals surface area contributed by atoms with Crippen LogP contribution in [0.4, 0.5) is 4.39 Å². The van der Waals surface area contributed by atoms with E-state index in [-0.39, 0.29) is 24.3 Å². The first-order chi connectivity index (χ1) is 13.4. The van der Waals surface area contributed by atoms with Crippen LogP contribution in [0, 0.1) is 5.82 Å². The number of carbonyl (C=O) groups is 1. The number of aromatic nitrogens is 2. The highest BCUT2D eigenvalue weighted by Gasteiger charge is 2.22. The number of amides is 1. The van der Waals surface area contributed by atoms with Crippen LogP contribution in [0.15, 0.2) is 36.5 Å². The molecule has 3 N–H and O–H groups in total. The minimum absolute atomic E-state index is 0.227.